The highest BCUT2D eigenvalue weighted by Gasteiger charge is 2.16. The molecule has 2 rings (SSSR count). The first-order chi connectivity index (χ1) is 10.1. The van der Waals surface area contributed by atoms with Crippen LogP contribution in [0, 0.1) is 12.3 Å². The summed E-state index contributed by atoms with van der Waals surface area (Å²) in [4.78, 5) is 23.1. The number of fused-ring (bicyclic) bond motifs is 1. The first kappa shape index (κ1) is 14.6. The van der Waals surface area contributed by atoms with Gasteiger partial charge >= 0.3 is 0 Å². The van der Waals surface area contributed by atoms with Crippen molar-refractivity contribution in [2.75, 3.05) is 0 Å². The lowest BCUT2D eigenvalue weighted by Gasteiger charge is -2.12. The molecule has 0 aliphatic heterocycles. The van der Waals surface area contributed by atoms with E-state index in [1.807, 2.05) is 42.5 Å². The first-order valence-electron chi connectivity index (χ1n) is 6.60. The summed E-state index contributed by atoms with van der Waals surface area (Å²) in [6.45, 7) is 0. The number of hydrogen-bond acceptors (Lipinski definition) is 2. The van der Waals surface area contributed by atoms with Gasteiger partial charge in [0.15, 0.2) is 0 Å². The third-order valence-electron chi connectivity index (χ3n) is 3.18. The zero-order valence-corrected chi connectivity index (χ0v) is 11.5. The van der Waals surface area contributed by atoms with Crippen LogP contribution < -0.4 is 11.1 Å². The highest BCUT2D eigenvalue weighted by molar-refractivity contribution is 5.89. The zero-order chi connectivity index (χ0) is 15.2. The van der Waals surface area contributed by atoms with Crippen molar-refractivity contribution in [3.63, 3.8) is 0 Å². The SMILES string of the molecule is C#CC[C@H](NC(=O)Cc1ccc2ccccc2c1)C(N)=O. The molecule has 4 nitrogen and oxygen atoms in total. The monoisotopic (exact) mass is 280 g/mol. The molecule has 2 amide bonds. The average Bonchev–Trinajstić information content (AvgIpc) is 2.46. The first-order valence-corrected chi connectivity index (χ1v) is 6.60. The molecular weight excluding hydrogens is 264 g/mol. The van der Waals surface area contributed by atoms with Crippen LogP contribution in [0.1, 0.15) is 12.0 Å². The largest absolute Gasteiger partial charge is 0.368 e. The Labute approximate surface area is 123 Å². The summed E-state index contributed by atoms with van der Waals surface area (Å²) in [6.07, 6.45) is 5.42. The minimum absolute atomic E-state index is 0.0960. The molecule has 2 aromatic carbocycles. The molecule has 2 aromatic rings. The average molecular weight is 280 g/mol. The summed E-state index contributed by atoms with van der Waals surface area (Å²) in [6, 6.07) is 12.9. The number of hydrogen-bond donors (Lipinski definition) is 2. The van der Waals surface area contributed by atoms with Crippen LogP contribution in [0.3, 0.4) is 0 Å². The van der Waals surface area contributed by atoms with E-state index in [4.69, 9.17) is 12.2 Å². The maximum absolute atomic E-state index is 12.0. The van der Waals surface area contributed by atoms with Crippen LogP contribution in [0.4, 0.5) is 0 Å². The number of benzene rings is 2. The van der Waals surface area contributed by atoms with Crippen LogP contribution in [0.15, 0.2) is 42.5 Å². The molecule has 0 saturated carbocycles. The van der Waals surface area contributed by atoms with E-state index in [-0.39, 0.29) is 18.7 Å². The van der Waals surface area contributed by atoms with Gasteiger partial charge in [0.05, 0.1) is 6.42 Å². The quantitative estimate of drug-likeness (QED) is 0.812. The van der Waals surface area contributed by atoms with Gasteiger partial charge in [0, 0.05) is 6.42 Å². The van der Waals surface area contributed by atoms with Crippen molar-refractivity contribution in [2.24, 2.45) is 5.73 Å². The topological polar surface area (TPSA) is 72.2 Å². The molecule has 0 bridgehead atoms. The second-order valence-corrected chi connectivity index (χ2v) is 4.79. The van der Waals surface area contributed by atoms with E-state index >= 15 is 0 Å². The van der Waals surface area contributed by atoms with E-state index in [0.29, 0.717) is 0 Å². The van der Waals surface area contributed by atoms with E-state index < -0.39 is 11.9 Å². The van der Waals surface area contributed by atoms with Gasteiger partial charge in [0.1, 0.15) is 6.04 Å². The number of terminal acetylenes is 1. The standard InChI is InChI=1S/C17H16N2O2/c1-2-5-15(17(18)21)19-16(20)11-12-8-9-13-6-3-4-7-14(13)10-12/h1,3-4,6-10,15H,5,11H2,(H2,18,21)(H,19,20)/t15-/m0/s1. The Bertz CT molecular complexity index is 716. The number of rotatable bonds is 5. The van der Waals surface area contributed by atoms with Crippen LogP contribution in [0.25, 0.3) is 10.8 Å². The fourth-order valence-electron chi connectivity index (χ4n) is 2.12. The van der Waals surface area contributed by atoms with Gasteiger partial charge < -0.3 is 11.1 Å². The minimum atomic E-state index is -0.817. The smallest absolute Gasteiger partial charge is 0.240 e. The van der Waals surface area contributed by atoms with Gasteiger partial charge in [-0.05, 0) is 16.3 Å². The summed E-state index contributed by atoms with van der Waals surface area (Å²) in [7, 11) is 0. The van der Waals surface area contributed by atoms with Crippen molar-refractivity contribution >= 4 is 22.6 Å². The third-order valence-corrected chi connectivity index (χ3v) is 3.18. The molecule has 1 atom stereocenters. The van der Waals surface area contributed by atoms with Gasteiger partial charge in [0.25, 0.3) is 0 Å². The zero-order valence-electron chi connectivity index (χ0n) is 11.5. The second-order valence-electron chi connectivity index (χ2n) is 4.79. The number of nitrogens with two attached hydrogens (primary N) is 1. The molecular formula is C17H16N2O2. The number of amides is 2. The van der Waals surface area contributed by atoms with Crippen LogP contribution >= 0.6 is 0 Å². The molecule has 106 valence electrons. The Morgan fingerprint density at radius 3 is 2.57 bits per heavy atom. The van der Waals surface area contributed by atoms with Crippen molar-refractivity contribution in [1.82, 2.24) is 5.32 Å². The maximum atomic E-state index is 12.0. The van der Waals surface area contributed by atoms with Crippen molar-refractivity contribution < 1.29 is 9.59 Å². The second kappa shape index (κ2) is 6.58. The van der Waals surface area contributed by atoms with Gasteiger partial charge in [-0.1, -0.05) is 42.5 Å². The molecule has 0 aromatic heterocycles. The molecule has 0 heterocycles. The Hall–Kier alpha value is -2.80. The molecule has 21 heavy (non-hydrogen) atoms. The van der Waals surface area contributed by atoms with Crippen molar-refractivity contribution in [3.05, 3.63) is 48.0 Å². The summed E-state index contributed by atoms with van der Waals surface area (Å²) in [5.41, 5.74) is 6.06. The maximum Gasteiger partial charge on any atom is 0.240 e. The van der Waals surface area contributed by atoms with Crippen molar-refractivity contribution in [3.8, 4) is 12.3 Å². The Morgan fingerprint density at radius 1 is 1.19 bits per heavy atom. The fourth-order valence-corrected chi connectivity index (χ4v) is 2.12. The van der Waals surface area contributed by atoms with Crippen molar-refractivity contribution in [2.45, 2.75) is 18.9 Å². The Morgan fingerprint density at radius 2 is 1.90 bits per heavy atom. The van der Waals surface area contributed by atoms with Gasteiger partial charge in [0.2, 0.25) is 11.8 Å². The van der Waals surface area contributed by atoms with E-state index in [9.17, 15) is 9.59 Å². The Kier molecular flexibility index (Phi) is 4.57. The minimum Gasteiger partial charge on any atom is -0.368 e. The highest BCUT2D eigenvalue weighted by Crippen LogP contribution is 2.15. The molecule has 0 spiro atoms. The molecule has 0 radical (unpaired) electrons. The summed E-state index contributed by atoms with van der Waals surface area (Å²) < 4.78 is 0. The van der Waals surface area contributed by atoms with Crippen LogP contribution in [0.2, 0.25) is 0 Å². The van der Waals surface area contributed by atoms with E-state index in [1.165, 1.54) is 0 Å². The molecule has 0 unspecified atom stereocenters. The predicted octanol–water partition coefficient (Wildman–Crippen LogP) is 1.38. The number of carbonyl (C=O) groups excluding carboxylic acids is 2. The number of carbonyl (C=O) groups is 2. The van der Waals surface area contributed by atoms with Gasteiger partial charge in [-0.15, -0.1) is 12.3 Å². The summed E-state index contributed by atoms with van der Waals surface area (Å²) in [5.74, 6) is 1.43. The van der Waals surface area contributed by atoms with Crippen LogP contribution in [-0.2, 0) is 16.0 Å². The lowest BCUT2D eigenvalue weighted by molar-refractivity contribution is -0.126. The number of nitrogens with one attached hydrogen (secondary N) is 1. The van der Waals surface area contributed by atoms with Gasteiger partial charge in [-0.2, -0.15) is 0 Å². The lowest BCUT2D eigenvalue weighted by Crippen LogP contribution is -2.44. The van der Waals surface area contributed by atoms with E-state index in [0.717, 1.165) is 16.3 Å². The third kappa shape index (κ3) is 3.83. The molecule has 4 heteroatoms. The van der Waals surface area contributed by atoms with E-state index in [2.05, 4.69) is 11.2 Å². The summed E-state index contributed by atoms with van der Waals surface area (Å²) >= 11 is 0. The molecule has 0 saturated heterocycles. The predicted molar refractivity (Wildman–Crippen MR) is 82.2 cm³/mol. The lowest BCUT2D eigenvalue weighted by atomic mass is 10.0. The molecule has 0 fully saturated rings. The van der Waals surface area contributed by atoms with Crippen LogP contribution in [-0.4, -0.2) is 17.9 Å². The molecule has 3 N–H and O–H groups in total. The van der Waals surface area contributed by atoms with Crippen LogP contribution in [0.5, 0.6) is 0 Å². The van der Waals surface area contributed by atoms with Gasteiger partial charge in [-0.25, -0.2) is 0 Å². The molecule has 0 aliphatic rings. The summed E-state index contributed by atoms with van der Waals surface area (Å²) in [5, 5.41) is 4.74. The molecule has 0 aliphatic carbocycles. The fraction of sp³-hybridized carbons (Fsp3) is 0.176. The highest BCUT2D eigenvalue weighted by atomic mass is 16.2. The Balaban J connectivity index is 2.07. The number of primary amides is 1. The van der Waals surface area contributed by atoms with E-state index in [1.54, 1.807) is 0 Å². The van der Waals surface area contributed by atoms with Crippen molar-refractivity contribution in [1.29, 1.82) is 0 Å². The normalized spacial score (nSPS) is 11.6. The van der Waals surface area contributed by atoms with Gasteiger partial charge in [-0.3, -0.25) is 9.59 Å².